The molecule has 3 heterocycles. The number of ether oxygens (including phenoxy) is 2. The first-order valence-corrected chi connectivity index (χ1v) is 12.4. The zero-order valence-corrected chi connectivity index (χ0v) is 20.2. The Hall–Kier alpha value is -3.46. The van der Waals surface area contributed by atoms with Crippen LogP contribution in [0, 0.1) is 6.92 Å². The van der Waals surface area contributed by atoms with Crippen molar-refractivity contribution in [1.29, 1.82) is 0 Å². The summed E-state index contributed by atoms with van der Waals surface area (Å²) in [4.78, 5) is 22.3. The Bertz CT molecular complexity index is 1370. The van der Waals surface area contributed by atoms with E-state index in [1.807, 2.05) is 4.90 Å². The Morgan fingerprint density at radius 1 is 1.17 bits per heavy atom. The smallest absolute Gasteiger partial charge is 0.466 e. The van der Waals surface area contributed by atoms with Gasteiger partial charge in [0.2, 0.25) is 10.0 Å². The highest BCUT2D eigenvalue weighted by Gasteiger charge is 2.34. The summed E-state index contributed by atoms with van der Waals surface area (Å²) in [6.07, 6.45) is -3.66. The summed E-state index contributed by atoms with van der Waals surface area (Å²) in [5.41, 5.74) is 1.15. The number of benzene rings is 1. The van der Waals surface area contributed by atoms with Crippen molar-refractivity contribution in [3.63, 3.8) is 0 Å². The van der Waals surface area contributed by atoms with Gasteiger partial charge >= 0.3 is 12.3 Å². The molecule has 4 rings (SSSR count). The molecule has 0 aliphatic carbocycles. The van der Waals surface area contributed by atoms with Crippen LogP contribution in [0.2, 0.25) is 0 Å². The summed E-state index contributed by atoms with van der Waals surface area (Å²) < 4.78 is 75.6. The van der Waals surface area contributed by atoms with Crippen molar-refractivity contribution in [2.45, 2.75) is 31.5 Å². The lowest BCUT2D eigenvalue weighted by Crippen LogP contribution is -2.49. The lowest BCUT2D eigenvalue weighted by molar-refractivity contribution is -0.274. The highest BCUT2D eigenvalue weighted by molar-refractivity contribution is 7.89. The van der Waals surface area contributed by atoms with Gasteiger partial charge in [-0.25, -0.2) is 13.4 Å². The number of nitrogens with zero attached hydrogens (tertiary/aromatic N) is 6. The predicted octanol–water partition coefficient (Wildman–Crippen LogP) is 1.95. The Balaban J connectivity index is 1.58. The third kappa shape index (κ3) is 5.36. The van der Waals surface area contributed by atoms with E-state index in [9.17, 15) is 26.4 Å². The van der Waals surface area contributed by atoms with Gasteiger partial charge in [0.25, 0.3) is 5.78 Å². The molecule has 0 amide bonds. The second kappa shape index (κ2) is 9.89. The molecule has 0 spiro atoms. The van der Waals surface area contributed by atoms with Gasteiger partial charge < -0.3 is 14.4 Å². The van der Waals surface area contributed by atoms with Crippen LogP contribution in [0.5, 0.6) is 5.75 Å². The summed E-state index contributed by atoms with van der Waals surface area (Å²) in [5.74, 6) is -0.177. The number of carbonyl (C=O) groups excluding carboxylic acids is 1. The van der Waals surface area contributed by atoms with Crippen molar-refractivity contribution in [2.75, 3.05) is 37.7 Å². The fraction of sp³-hybridized carbons (Fsp3) is 0.429. The van der Waals surface area contributed by atoms with E-state index in [1.54, 1.807) is 13.8 Å². The fourth-order valence-corrected chi connectivity index (χ4v) is 5.44. The van der Waals surface area contributed by atoms with E-state index >= 15 is 0 Å². The number of fused-ring (bicyclic) bond motifs is 1. The molecule has 15 heteroatoms. The molecule has 36 heavy (non-hydrogen) atoms. The molecule has 0 radical (unpaired) electrons. The van der Waals surface area contributed by atoms with Crippen LogP contribution in [0.25, 0.3) is 5.78 Å². The molecule has 0 N–H and O–H groups in total. The lowest BCUT2D eigenvalue weighted by Gasteiger charge is -2.36. The van der Waals surface area contributed by atoms with Crippen LogP contribution < -0.4 is 9.64 Å². The Labute approximate surface area is 204 Å². The number of hydrogen-bond donors (Lipinski definition) is 0. The van der Waals surface area contributed by atoms with Crippen LogP contribution in [-0.4, -0.2) is 77.4 Å². The number of hydrogen-bond acceptors (Lipinski definition) is 9. The normalized spacial score (nSPS) is 15.3. The van der Waals surface area contributed by atoms with Gasteiger partial charge in [0.15, 0.2) is 0 Å². The van der Waals surface area contributed by atoms with Crippen molar-refractivity contribution >= 4 is 27.6 Å². The Morgan fingerprint density at radius 3 is 2.56 bits per heavy atom. The standard InChI is InChI=1S/C21H23F3N6O5S/c1-3-34-18(31)12-17-14(2)27-20-25-13-26-30(20)19(17)28-7-9-29(10-8-28)36(32,33)16-6-4-5-15(11-16)35-21(22,23)24/h4-6,11,13H,3,7-10,12H2,1-2H3. The summed E-state index contributed by atoms with van der Waals surface area (Å²) in [6, 6.07) is 4.28. The molecule has 0 bridgehead atoms. The van der Waals surface area contributed by atoms with E-state index in [1.165, 1.54) is 27.3 Å². The van der Waals surface area contributed by atoms with Crippen molar-refractivity contribution < 1.29 is 35.9 Å². The van der Waals surface area contributed by atoms with Crippen molar-refractivity contribution in [3.8, 4) is 5.75 Å². The van der Waals surface area contributed by atoms with E-state index in [2.05, 4.69) is 19.8 Å². The van der Waals surface area contributed by atoms with E-state index in [-0.39, 0.29) is 44.1 Å². The first kappa shape index (κ1) is 25.6. The number of halogens is 3. The van der Waals surface area contributed by atoms with E-state index in [0.717, 1.165) is 12.1 Å². The minimum atomic E-state index is -4.94. The summed E-state index contributed by atoms with van der Waals surface area (Å²) in [6.45, 7) is 4.21. The Morgan fingerprint density at radius 2 is 1.89 bits per heavy atom. The number of anilines is 1. The third-order valence-corrected chi connectivity index (χ3v) is 7.44. The van der Waals surface area contributed by atoms with Crippen LogP contribution in [0.1, 0.15) is 18.2 Å². The molecule has 194 valence electrons. The second-order valence-electron chi connectivity index (χ2n) is 7.87. The number of sulfonamides is 1. The third-order valence-electron chi connectivity index (χ3n) is 5.55. The van der Waals surface area contributed by atoms with Gasteiger partial charge in [-0.2, -0.15) is 18.9 Å². The monoisotopic (exact) mass is 528 g/mol. The van der Waals surface area contributed by atoms with Crippen molar-refractivity contribution in [3.05, 3.63) is 41.9 Å². The van der Waals surface area contributed by atoms with Gasteiger partial charge in [-0.05, 0) is 26.0 Å². The molecule has 11 nitrogen and oxygen atoms in total. The summed E-state index contributed by atoms with van der Waals surface area (Å²) in [7, 11) is -4.08. The zero-order valence-electron chi connectivity index (χ0n) is 19.4. The largest absolute Gasteiger partial charge is 0.573 e. The first-order chi connectivity index (χ1) is 17.0. The number of carbonyl (C=O) groups is 1. The van der Waals surface area contributed by atoms with Crippen molar-refractivity contribution in [2.24, 2.45) is 0 Å². The highest BCUT2D eigenvalue weighted by atomic mass is 32.2. The second-order valence-corrected chi connectivity index (χ2v) is 9.80. The summed E-state index contributed by atoms with van der Waals surface area (Å²) in [5, 5.41) is 4.21. The molecular formula is C21H23F3N6O5S. The predicted molar refractivity (Wildman–Crippen MR) is 120 cm³/mol. The van der Waals surface area contributed by atoms with Crippen molar-refractivity contribution in [1.82, 2.24) is 23.9 Å². The molecule has 0 saturated carbocycles. The average molecular weight is 529 g/mol. The van der Waals surface area contributed by atoms with Crippen LogP contribution in [0.3, 0.4) is 0 Å². The minimum Gasteiger partial charge on any atom is -0.466 e. The maximum absolute atomic E-state index is 13.1. The first-order valence-electron chi connectivity index (χ1n) is 11.0. The molecule has 1 fully saturated rings. The lowest BCUT2D eigenvalue weighted by atomic mass is 10.1. The molecule has 0 atom stereocenters. The van der Waals surface area contributed by atoms with Crippen LogP contribution in [0.4, 0.5) is 19.0 Å². The molecule has 2 aromatic heterocycles. The average Bonchev–Trinajstić information content (AvgIpc) is 3.26. The Kier molecular flexibility index (Phi) is 7.04. The van der Waals surface area contributed by atoms with Crippen LogP contribution in [-0.2, 0) is 26.0 Å². The SMILES string of the molecule is CCOC(=O)Cc1c(C)nc2ncnn2c1N1CCN(S(=O)(=O)c2cccc(OC(F)(F)F)c2)CC1. The van der Waals surface area contributed by atoms with Gasteiger partial charge in [0.1, 0.15) is 17.9 Å². The number of aryl methyl sites for hydroxylation is 1. The van der Waals surface area contributed by atoms with Gasteiger partial charge in [-0.3, -0.25) is 4.79 Å². The van der Waals surface area contributed by atoms with Gasteiger partial charge in [0, 0.05) is 43.5 Å². The molecule has 0 unspecified atom stereocenters. The molecule has 3 aromatic rings. The fourth-order valence-electron chi connectivity index (χ4n) is 3.98. The van der Waals surface area contributed by atoms with Crippen LogP contribution >= 0.6 is 0 Å². The minimum absolute atomic E-state index is 0.0447. The topological polar surface area (TPSA) is 119 Å². The van der Waals surface area contributed by atoms with E-state index in [0.29, 0.717) is 22.9 Å². The van der Waals surface area contributed by atoms with Gasteiger partial charge in [0.05, 0.1) is 17.9 Å². The quantitative estimate of drug-likeness (QED) is 0.424. The maximum atomic E-state index is 13.1. The van der Waals surface area contributed by atoms with E-state index < -0.39 is 28.1 Å². The van der Waals surface area contributed by atoms with Gasteiger partial charge in [-0.1, -0.05) is 6.07 Å². The molecular weight excluding hydrogens is 505 g/mol. The number of alkyl halides is 3. The number of esters is 1. The van der Waals surface area contributed by atoms with E-state index in [4.69, 9.17) is 4.74 Å². The molecule has 1 saturated heterocycles. The zero-order chi connectivity index (χ0) is 26.1. The summed E-state index contributed by atoms with van der Waals surface area (Å²) >= 11 is 0. The maximum Gasteiger partial charge on any atom is 0.573 e. The number of aromatic nitrogens is 4. The molecule has 1 aromatic carbocycles. The highest BCUT2D eigenvalue weighted by Crippen LogP contribution is 2.29. The molecule has 1 aliphatic rings. The van der Waals surface area contributed by atoms with Gasteiger partial charge in [-0.15, -0.1) is 13.2 Å². The van der Waals surface area contributed by atoms with Crippen LogP contribution in [0.15, 0.2) is 35.5 Å². The number of piperazine rings is 1. The number of rotatable bonds is 7. The molecule has 1 aliphatic heterocycles.